The fourth-order valence-electron chi connectivity index (χ4n) is 3.56. The molecule has 0 unspecified atom stereocenters. The molecule has 2 saturated carbocycles. The highest BCUT2D eigenvalue weighted by molar-refractivity contribution is 6.30. The van der Waals surface area contributed by atoms with Gasteiger partial charge in [0.1, 0.15) is 0 Å². The van der Waals surface area contributed by atoms with Crippen LogP contribution in [0.3, 0.4) is 0 Å². The van der Waals surface area contributed by atoms with Gasteiger partial charge in [0.25, 0.3) is 0 Å². The minimum absolute atomic E-state index is 0.191. The first kappa shape index (κ1) is 13.6. The van der Waals surface area contributed by atoms with E-state index in [1.807, 2.05) is 18.2 Å². The van der Waals surface area contributed by atoms with Crippen molar-refractivity contribution < 1.29 is 4.79 Å². The van der Waals surface area contributed by atoms with Gasteiger partial charge in [-0.05, 0) is 42.9 Å². The summed E-state index contributed by atoms with van der Waals surface area (Å²) in [7, 11) is 0. The maximum absolute atomic E-state index is 12.6. The Morgan fingerprint density at radius 3 is 2.57 bits per heavy atom. The molecule has 0 radical (unpaired) electrons. The molecule has 1 heterocycles. The molecule has 1 aliphatic heterocycles. The molecule has 3 fully saturated rings. The molecule has 4 heteroatoms. The second-order valence-corrected chi connectivity index (χ2v) is 7.03. The number of piperazine rings is 1. The van der Waals surface area contributed by atoms with Gasteiger partial charge in [-0.25, -0.2) is 0 Å². The number of rotatable bonds is 3. The Morgan fingerprint density at radius 1 is 1.14 bits per heavy atom. The molecule has 0 N–H and O–H groups in total. The van der Waals surface area contributed by atoms with Crippen LogP contribution in [0.5, 0.6) is 0 Å². The molecule has 1 aromatic carbocycles. The van der Waals surface area contributed by atoms with Crippen LogP contribution in [0, 0.1) is 5.92 Å². The number of carbonyl (C=O) groups excluding carboxylic acids is 1. The molecule has 112 valence electrons. The standard InChI is InChI=1S/C17H21ClN2O/c18-13-3-1-2-12(10-13)15-11-16(15)17(21)20-8-6-19(7-9-20)14-4-5-14/h1-3,10,14-16H,4-9,11H2/t15-,16-/m0/s1. The lowest BCUT2D eigenvalue weighted by Crippen LogP contribution is -2.49. The summed E-state index contributed by atoms with van der Waals surface area (Å²) in [5.74, 6) is 0.934. The summed E-state index contributed by atoms with van der Waals surface area (Å²) in [5.41, 5.74) is 1.22. The molecule has 3 nitrogen and oxygen atoms in total. The third kappa shape index (κ3) is 2.82. The number of carbonyl (C=O) groups is 1. The van der Waals surface area contributed by atoms with Crippen LogP contribution in [0.4, 0.5) is 0 Å². The number of benzene rings is 1. The Hall–Kier alpha value is -1.06. The molecular formula is C17H21ClN2O. The maximum atomic E-state index is 12.6. The van der Waals surface area contributed by atoms with Crippen molar-refractivity contribution >= 4 is 17.5 Å². The zero-order chi connectivity index (χ0) is 14.4. The van der Waals surface area contributed by atoms with Crippen molar-refractivity contribution in [2.24, 2.45) is 5.92 Å². The van der Waals surface area contributed by atoms with Crippen molar-refractivity contribution in [3.05, 3.63) is 34.9 Å². The molecule has 2 aliphatic carbocycles. The number of hydrogen-bond donors (Lipinski definition) is 0. The van der Waals surface area contributed by atoms with Gasteiger partial charge in [-0.2, -0.15) is 0 Å². The van der Waals surface area contributed by atoms with E-state index in [1.165, 1.54) is 18.4 Å². The highest BCUT2D eigenvalue weighted by atomic mass is 35.5. The topological polar surface area (TPSA) is 23.6 Å². The van der Waals surface area contributed by atoms with Gasteiger partial charge in [0.2, 0.25) is 5.91 Å². The summed E-state index contributed by atoms with van der Waals surface area (Å²) < 4.78 is 0. The Morgan fingerprint density at radius 2 is 1.90 bits per heavy atom. The Balaban J connectivity index is 1.34. The fraction of sp³-hybridized carbons (Fsp3) is 0.588. The monoisotopic (exact) mass is 304 g/mol. The summed E-state index contributed by atoms with van der Waals surface area (Å²) >= 11 is 6.04. The van der Waals surface area contributed by atoms with Gasteiger partial charge >= 0.3 is 0 Å². The van der Waals surface area contributed by atoms with Crippen molar-refractivity contribution in [1.82, 2.24) is 9.80 Å². The van der Waals surface area contributed by atoms with Gasteiger partial charge in [-0.1, -0.05) is 23.7 Å². The minimum atomic E-state index is 0.191. The predicted molar refractivity (Wildman–Crippen MR) is 83.5 cm³/mol. The van der Waals surface area contributed by atoms with Gasteiger partial charge in [0, 0.05) is 43.2 Å². The quantitative estimate of drug-likeness (QED) is 0.857. The van der Waals surface area contributed by atoms with Crippen molar-refractivity contribution in [3.63, 3.8) is 0 Å². The van der Waals surface area contributed by atoms with E-state index in [9.17, 15) is 4.79 Å². The highest BCUT2D eigenvalue weighted by Gasteiger charge is 2.46. The molecule has 1 saturated heterocycles. The number of halogens is 1. The van der Waals surface area contributed by atoms with Gasteiger partial charge in [0.15, 0.2) is 0 Å². The summed E-state index contributed by atoms with van der Waals surface area (Å²) in [6, 6.07) is 8.79. The van der Waals surface area contributed by atoms with Gasteiger partial charge in [-0.3, -0.25) is 9.69 Å². The average Bonchev–Trinajstić information content (AvgIpc) is 3.40. The van der Waals surface area contributed by atoms with E-state index in [4.69, 9.17) is 11.6 Å². The molecule has 0 spiro atoms. The lowest BCUT2D eigenvalue weighted by atomic mass is 10.1. The van der Waals surface area contributed by atoms with E-state index < -0.39 is 0 Å². The van der Waals surface area contributed by atoms with Gasteiger partial charge in [0.05, 0.1) is 0 Å². The molecule has 4 rings (SSSR count). The van der Waals surface area contributed by atoms with Crippen LogP contribution in [-0.2, 0) is 4.79 Å². The highest BCUT2D eigenvalue weighted by Crippen LogP contribution is 2.49. The second kappa shape index (κ2) is 5.29. The van der Waals surface area contributed by atoms with Crippen LogP contribution in [0.15, 0.2) is 24.3 Å². The number of hydrogen-bond acceptors (Lipinski definition) is 2. The van der Waals surface area contributed by atoms with Crippen molar-refractivity contribution in [1.29, 1.82) is 0 Å². The normalized spacial score (nSPS) is 29.5. The second-order valence-electron chi connectivity index (χ2n) is 6.60. The van der Waals surface area contributed by atoms with Crippen LogP contribution in [0.2, 0.25) is 5.02 Å². The third-order valence-corrected chi connectivity index (χ3v) is 5.31. The van der Waals surface area contributed by atoms with Gasteiger partial charge in [-0.15, -0.1) is 0 Å². The molecular weight excluding hydrogens is 284 g/mol. The first-order valence-corrected chi connectivity index (χ1v) is 8.38. The summed E-state index contributed by atoms with van der Waals surface area (Å²) in [6.07, 6.45) is 3.70. The largest absolute Gasteiger partial charge is 0.340 e. The van der Waals surface area contributed by atoms with Crippen molar-refractivity contribution in [3.8, 4) is 0 Å². The predicted octanol–water partition coefficient (Wildman–Crippen LogP) is 2.75. The van der Waals surface area contributed by atoms with Crippen LogP contribution in [-0.4, -0.2) is 47.9 Å². The number of nitrogens with zero attached hydrogens (tertiary/aromatic N) is 2. The zero-order valence-corrected chi connectivity index (χ0v) is 12.9. The Kier molecular flexibility index (Phi) is 3.43. The van der Waals surface area contributed by atoms with E-state index in [0.717, 1.165) is 43.7 Å². The van der Waals surface area contributed by atoms with Crippen LogP contribution >= 0.6 is 11.6 Å². The summed E-state index contributed by atoms with van der Waals surface area (Å²) in [4.78, 5) is 17.2. The molecule has 3 aliphatic rings. The first-order valence-electron chi connectivity index (χ1n) is 8.00. The smallest absolute Gasteiger partial charge is 0.226 e. The third-order valence-electron chi connectivity index (χ3n) is 5.07. The summed E-state index contributed by atoms with van der Waals surface area (Å²) in [6.45, 7) is 3.94. The fourth-order valence-corrected chi connectivity index (χ4v) is 3.75. The Labute approximate surface area is 130 Å². The Bertz CT molecular complexity index is 549. The number of amides is 1. The van der Waals surface area contributed by atoms with Gasteiger partial charge < -0.3 is 4.90 Å². The molecule has 2 atom stereocenters. The first-order chi connectivity index (χ1) is 10.2. The van der Waals surface area contributed by atoms with E-state index in [0.29, 0.717) is 11.8 Å². The SMILES string of the molecule is O=C([C@H]1C[C@H]1c1cccc(Cl)c1)N1CCN(C2CC2)CC1. The van der Waals surface area contributed by atoms with E-state index >= 15 is 0 Å². The zero-order valence-electron chi connectivity index (χ0n) is 12.2. The van der Waals surface area contributed by atoms with Crippen molar-refractivity contribution in [2.45, 2.75) is 31.2 Å². The summed E-state index contributed by atoms with van der Waals surface area (Å²) in [5, 5.41) is 0.767. The van der Waals surface area contributed by atoms with Crippen molar-refractivity contribution in [2.75, 3.05) is 26.2 Å². The molecule has 0 bridgehead atoms. The van der Waals surface area contributed by atoms with Crippen LogP contribution in [0.1, 0.15) is 30.7 Å². The molecule has 0 aromatic heterocycles. The van der Waals surface area contributed by atoms with Crippen LogP contribution < -0.4 is 0 Å². The molecule has 1 aromatic rings. The van der Waals surface area contributed by atoms with E-state index in [1.54, 1.807) is 0 Å². The lowest BCUT2D eigenvalue weighted by Gasteiger charge is -2.35. The van der Waals surface area contributed by atoms with E-state index in [2.05, 4.69) is 15.9 Å². The van der Waals surface area contributed by atoms with Crippen LogP contribution in [0.25, 0.3) is 0 Å². The molecule has 1 amide bonds. The lowest BCUT2D eigenvalue weighted by molar-refractivity contribution is -0.134. The molecule has 21 heavy (non-hydrogen) atoms. The maximum Gasteiger partial charge on any atom is 0.226 e. The minimum Gasteiger partial charge on any atom is -0.340 e. The van der Waals surface area contributed by atoms with E-state index in [-0.39, 0.29) is 5.92 Å². The average molecular weight is 305 g/mol.